The smallest absolute Gasteiger partial charge is 0.209 e. The quantitative estimate of drug-likeness (QED) is 0.642. The average molecular weight is 146 g/mol. The standard InChI is InChI=1S/C4H5FN3S/c1-2(5)3-7-4(6)9-8-3/h1H3,(H2,6,7,8). The third-order valence-electron chi connectivity index (χ3n) is 0.750. The van der Waals surface area contributed by atoms with Crippen LogP contribution in [0.4, 0.5) is 9.52 Å². The zero-order chi connectivity index (χ0) is 6.85. The number of aromatic nitrogens is 2. The van der Waals surface area contributed by atoms with Crippen LogP contribution in [0.3, 0.4) is 0 Å². The van der Waals surface area contributed by atoms with Gasteiger partial charge in [0.05, 0.1) is 0 Å². The van der Waals surface area contributed by atoms with Gasteiger partial charge < -0.3 is 5.73 Å². The van der Waals surface area contributed by atoms with Gasteiger partial charge in [-0.25, -0.2) is 9.37 Å². The van der Waals surface area contributed by atoms with Gasteiger partial charge in [0.1, 0.15) is 0 Å². The summed E-state index contributed by atoms with van der Waals surface area (Å²) in [6.07, 6.45) is -0.400. The van der Waals surface area contributed by atoms with Crippen molar-refractivity contribution in [3.8, 4) is 0 Å². The maximum atomic E-state index is 12.2. The summed E-state index contributed by atoms with van der Waals surface area (Å²) in [7, 11) is 0. The topological polar surface area (TPSA) is 51.8 Å². The van der Waals surface area contributed by atoms with E-state index in [1.807, 2.05) is 0 Å². The molecule has 1 aromatic heterocycles. The highest BCUT2D eigenvalue weighted by Gasteiger charge is 2.09. The van der Waals surface area contributed by atoms with Crippen LogP contribution in [0, 0.1) is 6.17 Å². The Bertz CT molecular complexity index is 197. The number of halogens is 1. The molecule has 0 saturated carbocycles. The molecule has 1 rings (SSSR count). The number of nitrogens with zero attached hydrogens (tertiary/aromatic N) is 2. The van der Waals surface area contributed by atoms with Gasteiger partial charge >= 0.3 is 0 Å². The van der Waals surface area contributed by atoms with Crippen molar-refractivity contribution >= 4 is 16.7 Å². The zero-order valence-corrected chi connectivity index (χ0v) is 5.57. The highest BCUT2D eigenvalue weighted by atomic mass is 32.1. The molecule has 2 N–H and O–H groups in total. The minimum atomic E-state index is -0.400. The molecule has 5 heteroatoms. The largest absolute Gasteiger partial charge is 0.374 e. The lowest BCUT2D eigenvalue weighted by molar-refractivity contribution is 0.531. The van der Waals surface area contributed by atoms with E-state index >= 15 is 0 Å². The van der Waals surface area contributed by atoms with Crippen molar-refractivity contribution in [2.45, 2.75) is 6.92 Å². The molecule has 0 atom stereocenters. The highest BCUT2D eigenvalue weighted by Crippen LogP contribution is 2.14. The minimum absolute atomic E-state index is 0.0949. The molecule has 0 bridgehead atoms. The number of hydrogen-bond donors (Lipinski definition) is 1. The second-order valence-electron chi connectivity index (χ2n) is 1.49. The molecule has 1 radical (unpaired) electrons. The van der Waals surface area contributed by atoms with Crippen LogP contribution in [0.25, 0.3) is 0 Å². The second kappa shape index (κ2) is 2.26. The molecule has 49 valence electrons. The zero-order valence-electron chi connectivity index (χ0n) is 4.76. The van der Waals surface area contributed by atoms with E-state index in [2.05, 4.69) is 9.36 Å². The van der Waals surface area contributed by atoms with Gasteiger partial charge in [-0.05, 0) is 6.92 Å². The van der Waals surface area contributed by atoms with Gasteiger partial charge in [0.15, 0.2) is 11.0 Å². The summed E-state index contributed by atoms with van der Waals surface area (Å²) in [6, 6.07) is 0. The maximum Gasteiger partial charge on any atom is 0.209 e. The van der Waals surface area contributed by atoms with Crippen molar-refractivity contribution in [2.24, 2.45) is 0 Å². The Morgan fingerprint density at radius 2 is 2.44 bits per heavy atom. The average Bonchev–Trinajstić information content (AvgIpc) is 2.14. The molecule has 3 nitrogen and oxygen atoms in total. The number of anilines is 1. The highest BCUT2D eigenvalue weighted by molar-refractivity contribution is 7.09. The van der Waals surface area contributed by atoms with E-state index in [0.29, 0.717) is 5.13 Å². The van der Waals surface area contributed by atoms with E-state index in [1.54, 1.807) is 0 Å². The van der Waals surface area contributed by atoms with Gasteiger partial charge in [-0.1, -0.05) is 0 Å². The van der Waals surface area contributed by atoms with Crippen LogP contribution in [0.15, 0.2) is 0 Å². The summed E-state index contributed by atoms with van der Waals surface area (Å²) in [5.41, 5.74) is 5.18. The molecule has 1 heterocycles. The maximum absolute atomic E-state index is 12.2. The van der Waals surface area contributed by atoms with E-state index in [0.717, 1.165) is 11.5 Å². The van der Waals surface area contributed by atoms with Crippen LogP contribution in [-0.2, 0) is 0 Å². The van der Waals surface area contributed by atoms with Gasteiger partial charge in [0.25, 0.3) is 0 Å². The molecule has 0 amide bonds. The Kier molecular flexibility index (Phi) is 1.61. The lowest BCUT2D eigenvalue weighted by Crippen LogP contribution is -1.89. The number of nitrogen functional groups attached to an aromatic ring is 1. The molecule has 0 aliphatic carbocycles. The fourth-order valence-corrected chi connectivity index (χ4v) is 0.849. The normalized spacial score (nSPS) is 10.6. The first kappa shape index (κ1) is 6.41. The Labute approximate surface area is 55.9 Å². The van der Waals surface area contributed by atoms with E-state index in [4.69, 9.17) is 5.73 Å². The Hall–Kier alpha value is -0.710. The molecule has 0 aliphatic heterocycles. The van der Waals surface area contributed by atoms with Crippen LogP contribution in [0.2, 0.25) is 0 Å². The molecule has 0 aromatic carbocycles. The fourth-order valence-electron chi connectivity index (χ4n) is 0.375. The molecular weight excluding hydrogens is 141 g/mol. The van der Waals surface area contributed by atoms with E-state index < -0.39 is 6.17 Å². The van der Waals surface area contributed by atoms with Crippen LogP contribution >= 0.6 is 11.5 Å². The first-order valence-electron chi connectivity index (χ1n) is 2.29. The van der Waals surface area contributed by atoms with E-state index in [1.165, 1.54) is 6.92 Å². The van der Waals surface area contributed by atoms with Gasteiger partial charge in [-0.3, -0.25) is 0 Å². The minimum Gasteiger partial charge on any atom is -0.374 e. The second-order valence-corrected chi connectivity index (χ2v) is 2.27. The summed E-state index contributed by atoms with van der Waals surface area (Å²) in [4.78, 5) is 3.58. The van der Waals surface area contributed by atoms with Crippen molar-refractivity contribution in [1.82, 2.24) is 9.36 Å². The number of nitrogens with two attached hydrogens (primary N) is 1. The van der Waals surface area contributed by atoms with Crippen LogP contribution in [0.5, 0.6) is 0 Å². The Morgan fingerprint density at radius 3 is 2.67 bits per heavy atom. The predicted molar refractivity (Wildman–Crippen MR) is 33.4 cm³/mol. The molecule has 0 unspecified atom stereocenters. The lowest BCUT2D eigenvalue weighted by Gasteiger charge is -1.86. The van der Waals surface area contributed by atoms with Crippen LogP contribution in [0.1, 0.15) is 12.7 Å². The lowest BCUT2D eigenvalue weighted by atomic mass is 10.4. The van der Waals surface area contributed by atoms with Crippen LogP contribution in [-0.4, -0.2) is 9.36 Å². The molecule has 0 spiro atoms. The molecular formula is C4H5FN3S. The summed E-state index contributed by atoms with van der Waals surface area (Å²) in [6.45, 7) is 1.29. The molecule has 9 heavy (non-hydrogen) atoms. The monoisotopic (exact) mass is 146 g/mol. The van der Waals surface area contributed by atoms with Crippen molar-refractivity contribution in [3.05, 3.63) is 12.0 Å². The summed E-state index contributed by atoms with van der Waals surface area (Å²) < 4.78 is 15.8. The molecule has 0 saturated heterocycles. The first-order chi connectivity index (χ1) is 4.20. The van der Waals surface area contributed by atoms with Gasteiger partial charge in [-0.15, -0.1) is 0 Å². The van der Waals surface area contributed by atoms with Gasteiger partial charge in [0.2, 0.25) is 6.17 Å². The third-order valence-corrected chi connectivity index (χ3v) is 1.29. The predicted octanol–water partition coefficient (Wildman–Crippen LogP) is 0.990. The molecule has 0 fully saturated rings. The third kappa shape index (κ3) is 1.35. The summed E-state index contributed by atoms with van der Waals surface area (Å²) in [5.74, 6) is 0.0949. The van der Waals surface area contributed by atoms with E-state index in [-0.39, 0.29) is 5.82 Å². The Balaban J connectivity index is 2.85. The van der Waals surface area contributed by atoms with Crippen molar-refractivity contribution in [3.63, 3.8) is 0 Å². The number of hydrogen-bond acceptors (Lipinski definition) is 4. The number of rotatable bonds is 1. The van der Waals surface area contributed by atoms with Crippen molar-refractivity contribution in [2.75, 3.05) is 5.73 Å². The van der Waals surface area contributed by atoms with Crippen molar-refractivity contribution < 1.29 is 4.39 Å². The molecule has 0 aliphatic rings. The van der Waals surface area contributed by atoms with Gasteiger partial charge in [-0.2, -0.15) is 4.37 Å². The summed E-state index contributed by atoms with van der Waals surface area (Å²) >= 11 is 0.989. The first-order valence-corrected chi connectivity index (χ1v) is 3.06. The molecule has 1 aromatic rings. The SMILES string of the molecule is C[C](F)c1nsc(N)n1. The Morgan fingerprint density at radius 1 is 1.78 bits per heavy atom. The fraction of sp³-hybridized carbons (Fsp3) is 0.250. The van der Waals surface area contributed by atoms with Crippen molar-refractivity contribution in [1.29, 1.82) is 0 Å². The summed E-state index contributed by atoms with van der Waals surface area (Å²) in [5, 5.41) is 0.294. The van der Waals surface area contributed by atoms with Gasteiger partial charge in [0, 0.05) is 11.5 Å². The van der Waals surface area contributed by atoms with Crippen LogP contribution < -0.4 is 5.73 Å². The van der Waals surface area contributed by atoms with E-state index in [9.17, 15) is 4.39 Å².